The first-order chi connectivity index (χ1) is 12.8. The van der Waals surface area contributed by atoms with Crippen LogP contribution < -0.4 is 5.32 Å². The molecule has 144 valence electrons. The van der Waals surface area contributed by atoms with Crippen LogP contribution in [0.3, 0.4) is 0 Å². The second-order valence-corrected chi connectivity index (χ2v) is 6.68. The first kappa shape index (κ1) is 19.2. The Kier molecular flexibility index (Phi) is 5.36. The molecule has 1 fully saturated rings. The van der Waals surface area contributed by atoms with Gasteiger partial charge in [-0.3, -0.25) is 9.59 Å². The lowest BCUT2D eigenvalue weighted by atomic mass is 9.96. The number of benzene rings is 2. The molecule has 5 nitrogen and oxygen atoms in total. The van der Waals surface area contributed by atoms with E-state index < -0.39 is 30.5 Å². The summed E-state index contributed by atoms with van der Waals surface area (Å²) >= 11 is 0. The Bertz CT molecular complexity index is 848. The van der Waals surface area contributed by atoms with E-state index in [0.29, 0.717) is 5.69 Å². The molecule has 0 spiro atoms. The minimum Gasteiger partial charge on any atom is -0.481 e. The number of anilines is 1. The highest BCUT2D eigenvalue weighted by Crippen LogP contribution is 2.37. The molecule has 1 aliphatic rings. The number of amides is 1. The van der Waals surface area contributed by atoms with Crippen molar-refractivity contribution in [2.24, 2.45) is 11.8 Å². The van der Waals surface area contributed by atoms with Crippen molar-refractivity contribution < 1.29 is 27.9 Å². The van der Waals surface area contributed by atoms with Gasteiger partial charge in [-0.1, -0.05) is 36.4 Å². The van der Waals surface area contributed by atoms with Crippen molar-refractivity contribution in [3.63, 3.8) is 0 Å². The van der Waals surface area contributed by atoms with E-state index in [0.717, 1.165) is 10.8 Å². The summed E-state index contributed by atoms with van der Waals surface area (Å²) in [6.07, 6.45) is -4.58. The van der Waals surface area contributed by atoms with E-state index >= 15 is 0 Å². The molecule has 1 heterocycles. The van der Waals surface area contributed by atoms with Crippen LogP contribution in [0.15, 0.2) is 42.5 Å². The van der Waals surface area contributed by atoms with Gasteiger partial charge in [0, 0.05) is 37.1 Å². The van der Waals surface area contributed by atoms with E-state index in [1.165, 1.54) is 4.90 Å². The molecular weight excluding hydrogens is 361 g/mol. The summed E-state index contributed by atoms with van der Waals surface area (Å²) in [5.74, 6) is -5.18. The van der Waals surface area contributed by atoms with Crippen molar-refractivity contribution in [1.29, 1.82) is 0 Å². The van der Waals surface area contributed by atoms with Gasteiger partial charge in [-0.05, 0) is 11.5 Å². The number of carbonyl (C=O) groups excluding carboxylic acids is 1. The fraction of sp³-hybridized carbons (Fsp3) is 0.368. The van der Waals surface area contributed by atoms with Crippen molar-refractivity contribution in [1.82, 2.24) is 4.90 Å². The molecule has 1 amide bonds. The second-order valence-electron chi connectivity index (χ2n) is 6.68. The highest BCUT2D eigenvalue weighted by molar-refractivity contribution is 6.02. The molecule has 27 heavy (non-hydrogen) atoms. The molecule has 2 N–H and O–H groups in total. The summed E-state index contributed by atoms with van der Waals surface area (Å²) in [4.78, 5) is 24.7. The monoisotopic (exact) mass is 380 g/mol. The smallest absolute Gasteiger partial charge is 0.393 e. The van der Waals surface area contributed by atoms with Crippen molar-refractivity contribution in [3.05, 3.63) is 42.5 Å². The first-order valence-corrected chi connectivity index (χ1v) is 8.55. The van der Waals surface area contributed by atoms with E-state index in [1.807, 2.05) is 36.4 Å². The van der Waals surface area contributed by atoms with Gasteiger partial charge in [0.15, 0.2) is 0 Å². The van der Waals surface area contributed by atoms with Crippen molar-refractivity contribution >= 4 is 28.3 Å². The fourth-order valence-electron chi connectivity index (χ4n) is 3.46. The molecule has 8 heteroatoms. The zero-order valence-corrected chi connectivity index (χ0v) is 14.4. The quantitative estimate of drug-likeness (QED) is 0.835. The van der Waals surface area contributed by atoms with Gasteiger partial charge in [0.05, 0.1) is 11.8 Å². The standard InChI is InChI=1S/C19H19F3N2O3/c20-19(21,22)15-11-24(10-14(15)18(26)27)9-8-17(25)23-16-7-3-5-12-4-1-2-6-13(12)16/h1-7,14-15H,8-11H2,(H,23,25)(H,26,27)/t14-,15-/m1/s1. The molecule has 0 aromatic heterocycles. The van der Waals surface area contributed by atoms with Crippen LogP contribution in [-0.4, -0.2) is 47.7 Å². The van der Waals surface area contributed by atoms with Crippen LogP contribution in [0.2, 0.25) is 0 Å². The van der Waals surface area contributed by atoms with E-state index in [-0.39, 0.29) is 25.4 Å². The summed E-state index contributed by atoms with van der Waals surface area (Å²) in [5.41, 5.74) is 0.635. The third-order valence-corrected chi connectivity index (χ3v) is 4.85. The minimum atomic E-state index is -4.57. The molecule has 1 saturated heterocycles. The average Bonchev–Trinajstić information content (AvgIpc) is 3.05. The Morgan fingerprint density at radius 3 is 2.48 bits per heavy atom. The lowest BCUT2D eigenvalue weighted by molar-refractivity contribution is -0.188. The van der Waals surface area contributed by atoms with Crippen LogP contribution in [0, 0.1) is 11.8 Å². The van der Waals surface area contributed by atoms with Crippen LogP contribution in [0.25, 0.3) is 10.8 Å². The van der Waals surface area contributed by atoms with Crippen molar-refractivity contribution in [2.75, 3.05) is 25.0 Å². The van der Waals surface area contributed by atoms with E-state index in [2.05, 4.69) is 5.32 Å². The maximum absolute atomic E-state index is 13.0. The van der Waals surface area contributed by atoms with Crippen LogP contribution in [0.1, 0.15) is 6.42 Å². The Morgan fingerprint density at radius 1 is 1.11 bits per heavy atom. The second kappa shape index (κ2) is 7.56. The number of hydrogen-bond donors (Lipinski definition) is 2. The number of nitrogens with zero attached hydrogens (tertiary/aromatic N) is 1. The predicted octanol–water partition coefficient (Wildman–Crippen LogP) is 3.36. The van der Waals surface area contributed by atoms with Gasteiger partial charge in [0.2, 0.25) is 5.91 Å². The molecule has 0 aliphatic carbocycles. The van der Waals surface area contributed by atoms with Gasteiger partial charge in [-0.25, -0.2) is 0 Å². The van der Waals surface area contributed by atoms with Gasteiger partial charge in [0.25, 0.3) is 0 Å². The van der Waals surface area contributed by atoms with E-state index in [4.69, 9.17) is 5.11 Å². The average molecular weight is 380 g/mol. The molecule has 0 bridgehead atoms. The number of hydrogen-bond acceptors (Lipinski definition) is 3. The molecule has 1 aliphatic heterocycles. The number of carbonyl (C=O) groups is 2. The van der Waals surface area contributed by atoms with Crippen LogP contribution in [-0.2, 0) is 9.59 Å². The normalized spacial score (nSPS) is 20.7. The number of rotatable bonds is 5. The van der Waals surface area contributed by atoms with E-state index in [1.54, 1.807) is 6.07 Å². The first-order valence-electron chi connectivity index (χ1n) is 8.55. The maximum atomic E-state index is 13.0. The Morgan fingerprint density at radius 2 is 1.81 bits per heavy atom. The molecule has 2 atom stereocenters. The maximum Gasteiger partial charge on any atom is 0.393 e. The summed E-state index contributed by atoms with van der Waals surface area (Å²) < 4.78 is 39.0. The summed E-state index contributed by atoms with van der Waals surface area (Å²) in [6, 6.07) is 13.0. The third-order valence-electron chi connectivity index (χ3n) is 4.85. The summed E-state index contributed by atoms with van der Waals surface area (Å²) in [5, 5.41) is 13.6. The van der Waals surface area contributed by atoms with Gasteiger partial charge in [-0.2, -0.15) is 13.2 Å². The zero-order valence-electron chi connectivity index (χ0n) is 14.4. The molecule has 2 aromatic carbocycles. The highest BCUT2D eigenvalue weighted by Gasteiger charge is 2.52. The summed E-state index contributed by atoms with van der Waals surface area (Å²) in [6.45, 7) is -0.532. The van der Waals surface area contributed by atoms with Crippen molar-refractivity contribution in [3.8, 4) is 0 Å². The van der Waals surface area contributed by atoms with Gasteiger partial charge in [-0.15, -0.1) is 0 Å². The number of halogens is 3. The highest BCUT2D eigenvalue weighted by atomic mass is 19.4. The van der Waals surface area contributed by atoms with E-state index in [9.17, 15) is 22.8 Å². The molecular formula is C19H19F3N2O3. The Balaban J connectivity index is 1.60. The molecule has 0 radical (unpaired) electrons. The molecule has 0 saturated carbocycles. The van der Waals surface area contributed by atoms with Crippen LogP contribution in [0.4, 0.5) is 18.9 Å². The lowest BCUT2D eigenvalue weighted by Gasteiger charge is -2.18. The topological polar surface area (TPSA) is 69.6 Å². The van der Waals surface area contributed by atoms with Gasteiger partial charge in [0.1, 0.15) is 0 Å². The van der Waals surface area contributed by atoms with Crippen molar-refractivity contribution in [2.45, 2.75) is 12.6 Å². The molecule has 0 unspecified atom stereocenters. The molecule has 2 aromatic rings. The predicted molar refractivity (Wildman–Crippen MR) is 94.3 cm³/mol. The number of fused-ring (bicyclic) bond motifs is 1. The number of carboxylic acid groups (broad SMARTS) is 1. The van der Waals surface area contributed by atoms with Gasteiger partial charge < -0.3 is 15.3 Å². The third kappa shape index (κ3) is 4.39. The number of nitrogens with one attached hydrogen (secondary N) is 1. The largest absolute Gasteiger partial charge is 0.481 e. The molecule has 3 rings (SSSR count). The lowest BCUT2D eigenvalue weighted by Crippen LogP contribution is -2.33. The summed E-state index contributed by atoms with van der Waals surface area (Å²) in [7, 11) is 0. The Labute approximate surface area is 153 Å². The number of aliphatic carboxylic acids is 1. The SMILES string of the molecule is O=C(CCN1C[C@@H](C(F)(F)F)[C@H](C(=O)O)C1)Nc1cccc2ccccc12. The zero-order chi connectivity index (χ0) is 19.6. The van der Waals surface area contributed by atoms with Gasteiger partial charge >= 0.3 is 12.1 Å². The number of likely N-dealkylation sites (tertiary alicyclic amines) is 1. The van der Waals surface area contributed by atoms with Crippen LogP contribution in [0.5, 0.6) is 0 Å². The number of alkyl halides is 3. The minimum absolute atomic E-state index is 0.0138. The Hall–Kier alpha value is -2.61. The number of carboxylic acids is 1. The van der Waals surface area contributed by atoms with Crippen LogP contribution >= 0.6 is 0 Å². The fourth-order valence-corrected chi connectivity index (χ4v) is 3.46.